The number of nitrogens with one attached hydrogen (secondary N) is 1. The fourth-order valence-electron chi connectivity index (χ4n) is 3.51. The molecular formula is C22H28FN3O3. The molecule has 1 saturated heterocycles. The van der Waals surface area contributed by atoms with Crippen molar-refractivity contribution in [3.63, 3.8) is 0 Å². The van der Waals surface area contributed by atoms with E-state index < -0.39 is 5.82 Å². The Bertz CT molecular complexity index is 838. The van der Waals surface area contributed by atoms with Crippen molar-refractivity contribution in [1.82, 2.24) is 9.80 Å². The van der Waals surface area contributed by atoms with E-state index in [1.165, 1.54) is 6.07 Å². The van der Waals surface area contributed by atoms with Gasteiger partial charge in [-0.25, -0.2) is 4.39 Å². The van der Waals surface area contributed by atoms with Crippen molar-refractivity contribution in [1.29, 1.82) is 0 Å². The van der Waals surface area contributed by atoms with Gasteiger partial charge in [0.15, 0.2) is 11.5 Å². The van der Waals surface area contributed by atoms with Crippen LogP contribution >= 0.6 is 0 Å². The summed E-state index contributed by atoms with van der Waals surface area (Å²) in [4.78, 5) is 17.0. The number of piperazine rings is 1. The first-order chi connectivity index (χ1) is 14.0. The quantitative estimate of drug-likeness (QED) is 0.773. The molecule has 29 heavy (non-hydrogen) atoms. The molecule has 1 aliphatic rings. The third-order valence-corrected chi connectivity index (χ3v) is 5.32. The van der Waals surface area contributed by atoms with Crippen molar-refractivity contribution in [2.45, 2.75) is 19.5 Å². The molecule has 156 valence electrons. The number of carbonyl (C=O) groups excluding carboxylic acids is 1. The topological polar surface area (TPSA) is 54.0 Å². The molecule has 3 rings (SSSR count). The second-order valence-electron chi connectivity index (χ2n) is 7.15. The predicted octanol–water partition coefficient (Wildman–Crippen LogP) is 2.99. The van der Waals surface area contributed by atoms with Crippen molar-refractivity contribution >= 4 is 11.6 Å². The second-order valence-corrected chi connectivity index (χ2v) is 7.15. The summed E-state index contributed by atoms with van der Waals surface area (Å²) in [7, 11) is 3.26. The van der Waals surface area contributed by atoms with E-state index in [9.17, 15) is 9.18 Å². The monoisotopic (exact) mass is 401 g/mol. The van der Waals surface area contributed by atoms with Gasteiger partial charge in [-0.3, -0.25) is 14.6 Å². The molecule has 7 heteroatoms. The van der Waals surface area contributed by atoms with Gasteiger partial charge in [-0.05, 0) is 36.8 Å². The third kappa shape index (κ3) is 5.25. The Morgan fingerprint density at radius 1 is 1.07 bits per heavy atom. The lowest BCUT2D eigenvalue weighted by Crippen LogP contribution is -2.52. The number of methoxy groups -OCH3 is 2. The second kappa shape index (κ2) is 9.71. The van der Waals surface area contributed by atoms with Crippen molar-refractivity contribution in [2.24, 2.45) is 0 Å². The number of para-hydroxylation sites is 1. The molecule has 0 aromatic heterocycles. The van der Waals surface area contributed by atoms with Crippen LogP contribution in [0.2, 0.25) is 0 Å². The van der Waals surface area contributed by atoms with Gasteiger partial charge in [0.05, 0.1) is 25.9 Å². The van der Waals surface area contributed by atoms with Crippen LogP contribution < -0.4 is 14.8 Å². The van der Waals surface area contributed by atoms with Gasteiger partial charge in [0.25, 0.3) is 0 Å². The van der Waals surface area contributed by atoms with Gasteiger partial charge in [-0.2, -0.15) is 0 Å². The first-order valence-electron chi connectivity index (χ1n) is 9.74. The van der Waals surface area contributed by atoms with Crippen molar-refractivity contribution in [3.05, 3.63) is 53.8 Å². The van der Waals surface area contributed by atoms with Gasteiger partial charge in [0, 0.05) is 32.7 Å². The minimum atomic E-state index is -0.423. The molecule has 1 atom stereocenters. The lowest BCUT2D eigenvalue weighted by molar-refractivity contribution is -0.121. The first kappa shape index (κ1) is 21.1. The van der Waals surface area contributed by atoms with E-state index in [-0.39, 0.29) is 17.6 Å². The average Bonchev–Trinajstić information content (AvgIpc) is 2.75. The van der Waals surface area contributed by atoms with Crippen LogP contribution in [-0.2, 0) is 11.3 Å². The minimum Gasteiger partial charge on any atom is -0.493 e. The highest BCUT2D eigenvalue weighted by Gasteiger charge is 2.26. The van der Waals surface area contributed by atoms with E-state index in [0.29, 0.717) is 0 Å². The largest absolute Gasteiger partial charge is 0.493 e. The van der Waals surface area contributed by atoms with Crippen molar-refractivity contribution in [2.75, 3.05) is 45.7 Å². The molecule has 6 nitrogen and oxygen atoms in total. The molecule has 1 aliphatic heterocycles. The number of halogens is 1. The Morgan fingerprint density at radius 2 is 1.76 bits per heavy atom. The summed E-state index contributed by atoms with van der Waals surface area (Å²) in [5.41, 5.74) is 1.37. The van der Waals surface area contributed by atoms with Crippen LogP contribution in [0.1, 0.15) is 12.5 Å². The summed E-state index contributed by atoms with van der Waals surface area (Å²) in [6.07, 6.45) is 0. The van der Waals surface area contributed by atoms with E-state index in [1.54, 1.807) is 32.4 Å². The van der Waals surface area contributed by atoms with E-state index >= 15 is 0 Å². The van der Waals surface area contributed by atoms with Gasteiger partial charge in [-0.15, -0.1) is 0 Å². The lowest BCUT2D eigenvalue weighted by Gasteiger charge is -2.37. The summed E-state index contributed by atoms with van der Waals surface area (Å²) in [5.74, 6) is 0.828. The normalized spacial score (nSPS) is 16.3. The van der Waals surface area contributed by atoms with Crippen LogP contribution in [0.25, 0.3) is 0 Å². The zero-order chi connectivity index (χ0) is 20.8. The summed E-state index contributed by atoms with van der Waals surface area (Å²) < 4.78 is 24.4. The van der Waals surface area contributed by atoms with Gasteiger partial charge >= 0.3 is 0 Å². The zero-order valence-corrected chi connectivity index (χ0v) is 17.2. The maximum Gasteiger partial charge on any atom is 0.241 e. The Balaban J connectivity index is 1.52. The van der Waals surface area contributed by atoms with Crippen molar-refractivity contribution in [3.8, 4) is 11.5 Å². The molecule has 1 N–H and O–H groups in total. The fraction of sp³-hybridized carbons (Fsp3) is 0.409. The maximum absolute atomic E-state index is 13.8. The molecule has 0 spiro atoms. The van der Waals surface area contributed by atoms with Crippen LogP contribution in [0.4, 0.5) is 10.1 Å². The highest BCUT2D eigenvalue weighted by atomic mass is 19.1. The summed E-state index contributed by atoms with van der Waals surface area (Å²) in [5, 5.41) is 2.69. The maximum atomic E-state index is 13.8. The number of hydrogen-bond donors (Lipinski definition) is 1. The van der Waals surface area contributed by atoms with Crippen LogP contribution in [0.3, 0.4) is 0 Å². The summed E-state index contributed by atoms with van der Waals surface area (Å²) >= 11 is 0. The predicted molar refractivity (Wildman–Crippen MR) is 111 cm³/mol. The first-order valence-corrected chi connectivity index (χ1v) is 9.74. The number of carbonyl (C=O) groups is 1. The van der Waals surface area contributed by atoms with E-state index in [4.69, 9.17) is 9.47 Å². The van der Waals surface area contributed by atoms with Gasteiger partial charge in [0.1, 0.15) is 5.82 Å². The fourth-order valence-corrected chi connectivity index (χ4v) is 3.51. The number of ether oxygens (including phenoxy) is 2. The van der Waals surface area contributed by atoms with E-state index in [2.05, 4.69) is 15.1 Å². The molecule has 0 unspecified atom stereocenters. The van der Waals surface area contributed by atoms with Crippen molar-refractivity contribution < 1.29 is 18.7 Å². The number of nitrogens with zero attached hydrogens (tertiary/aromatic N) is 2. The van der Waals surface area contributed by atoms with Gasteiger partial charge in [0.2, 0.25) is 5.91 Å². The van der Waals surface area contributed by atoms with Gasteiger partial charge in [-0.1, -0.05) is 18.2 Å². The Kier molecular flexibility index (Phi) is 7.06. The number of hydrogen-bond acceptors (Lipinski definition) is 5. The summed E-state index contributed by atoms with van der Waals surface area (Å²) in [6.45, 7) is 5.93. The van der Waals surface area contributed by atoms with Crippen LogP contribution in [0.15, 0.2) is 42.5 Å². The zero-order valence-electron chi connectivity index (χ0n) is 17.2. The highest BCUT2D eigenvalue weighted by molar-refractivity contribution is 5.94. The number of benzene rings is 2. The van der Waals surface area contributed by atoms with Gasteiger partial charge < -0.3 is 14.8 Å². The molecule has 2 aromatic rings. The highest BCUT2D eigenvalue weighted by Crippen LogP contribution is 2.28. The minimum absolute atomic E-state index is 0.191. The molecule has 0 bridgehead atoms. The third-order valence-electron chi connectivity index (χ3n) is 5.32. The molecular weight excluding hydrogens is 373 g/mol. The number of rotatable bonds is 7. The Labute approximate surface area is 171 Å². The SMILES string of the molecule is COc1ccc(CN2CCN([C@H](C)C(=O)Nc3ccccc3F)CC2)cc1OC. The molecule has 0 saturated carbocycles. The van der Waals surface area contributed by atoms with E-state index in [0.717, 1.165) is 49.8 Å². The molecule has 0 radical (unpaired) electrons. The van der Waals surface area contributed by atoms with E-state index in [1.807, 2.05) is 25.1 Å². The Morgan fingerprint density at radius 3 is 2.41 bits per heavy atom. The Hall–Kier alpha value is -2.64. The standard InChI is InChI=1S/C22H28FN3O3/c1-16(22(27)24-19-7-5-4-6-18(19)23)26-12-10-25(11-13-26)15-17-8-9-20(28-2)21(14-17)29-3/h4-9,14,16H,10-13,15H2,1-3H3,(H,24,27)/t16-/m1/s1. The number of anilines is 1. The van der Waals surface area contributed by atoms with Crippen LogP contribution in [-0.4, -0.2) is 62.1 Å². The summed E-state index contributed by atoms with van der Waals surface area (Å²) in [6, 6.07) is 11.8. The molecule has 0 aliphatic carbocycles. The molecule has 1 heterocycles. The molecule has 1 amide bonds. The smallest absolute Gasteiger partial charge is 0.241 e. The molecule has 2 aromatic carbocycles. The lowest BCUT2D eigenvalue weighted by atomic mass is 10.1. The van der Waals surface area contributed by atoms with Crippen LogP contribution in [0.5, 0.6) is 11.5 Å². The molecule has 1 fully saturated rings. The number of amides is 1. The average molecular weight is 401 g/mol. The van der Waals surface area contributed by atoms with Crippen LogP contribution in [0, 0.1) is 5.82 Å².